The minimum atomic E-state index is 0.523. The second-order valence-electron chi connectivity index (χ2n) is 4.87. The van der Waals surface area contributed by atoms with Gasteiger partial charge in [-0.05, 0) is 36.3 Å². The van der Waals surface area contributed by atoms with E-state index in [1.807, 2.05) is 0 Å². The lowest BCUT2D eigenvalue weighted by Gasteiger charge is -2.16. The summed E-state index contributed by atoms with van der Waals surface area (Å²) in [6, 6.07) is 0. The lowest BCUT2D eigenvalue weighted by Crippen LogP contribution is -2.08. The van der Waals surface area contributed by atoms with Crippen LogP contribution in [0.5, 0.6) is 0 Å². The van der Waals surface area contributed by atoms with Gasteiger partial charge >= 0.3 is 0 Å². The van der Waals surface area contributed by atoms with Crippen LogP contribution in [0.3, 0.4) is 0 Å². The van der Waals surface area contributed by atoms with E-state index < -0.39 is 0 Å². The Bertz CT molecular complexity index is 303. The quantitative estimate of drug-likeness (QED) is 0.729. The van der Waals surface area contributed by atoms with E-state index in [0.717, 1.165) is 18.5 Å². The van der Waals surface area contributed by atoms with Crippen molar-refractivity contribution in [3.63, 3.8) is 0 Å². The Balaban J connectivity index is 2.92. The Morgan fingerprint density at radius 2 is 1.73 bits per heavy atom. The molecule has 1 nitrogen and oxygen atoms in total. The first-order chi connectivity index (χ1) is 7.02. The smallest absolute Gasteiger partial charge is 0.0345 e. The Labute approximate surface area is 93.7 Å². The maximum Gasteiger partial charge on any atom is 0.0345 e. The molecule has 0 aliphatic heterocycles. The predicted molar refractivity (Wildman–Crippen MR) is 67.3 cm³/mol. The average molecular weight is 205 g/mol. The van der Waals surface area contributed by atoms with Crippen LogP contribution in [0.2, 0.25) is 0 Å². The van der Waals surface area contributed by atoms with Crippen LogP contribution in [0.1, 0.15) is 40.5 Å². The number of hydrogen-bond donors (Lipinski definition) is 1. The van der Waals surface area contributed by atoms with Gasteiger partial charge in [0.2, 0.25) is 0 Å². The summed E-state index contributed by atoms with van der Waals surface area (Å²) >= 11 is 0. The van der Waals surface area contributed by atoms with Crippen LogP contribution in [-0.2, 0) is 0 Å². The van der Waals surface area contributed by atoms with Crippen molar-refractivity contribution in [2.75, 3.05) is 0 Å². The Kier molecular flexibility index (Phi) is 4.19. The monoisotopic (exact) mass is 205 g/mol. The van der Waals surface area contributed by atoms with Crippen LogP contribution >= 0.6 is 0 Å². The van der Waals surface area contributed by atoms with Crippen molar-refractivity contribution >= 4 is 0 Å². The molecule has 15 heavy (non-hydrogen) atoms. The number of hydrogen-bond acceptors (Lipinski definition) is 1. The molecule has 0 bridgehead atoms. The molecule has 0 heterocycles. The van der Waals surface area contributed by atoms with Crippen LogP contribution in [-0.4, -0.2) is 0 Å². The van der Waals surface area contributed by atoms with Gasteiger partial charge in [-0.1, -0.05) is 45.4 Å². The number of rotatable bonds is 2. The Morgan fingerprint density at radius 3 is 2.27 bits per heavy atom. The van der Waals surface area contributed by atoms with Gasteiger partial charge in [-0.15, -0.1) is 0 Å². The third-order valence-corrected chi connectivity index (χ3v) is 2.97. The predicted octanol–water partition coefficient (Wildman–Crippen LogP) is 3.79. The standard InChI is InChI=1S/C14H23N/c1-10(2)12-6-5-7-13(11(3)4)14(15)9-8-12/h7-11H,5-6,15H2,1-4H3/b12-8-,13-7-,14-9+. The van der Waals surface area contributed by atoms with Crippen molar-refractivity contribution in [2.45, 2.75) is 40.5 Å². The van der Waals surface area contributed by atoms with Crippen molar-refractivity contribution < 1.29 is 0 Å². The molecule has 0 unspecified atom stereocenters. The summed E-state index contributed by atoms with van der Waals surface area (Å²) in [5, 5.41) is 0. The molecular weight excluding hydrogens is 182 g/mol. The zero-order chi connectivity index (χ0) is 11.4. The van der Waals surface area contributed by atoms with Gasteiger partial charge in [-0.2, -0.15) is 0 Å². The van der Waals surface area contributed by atoms with E-state index in [-0.39, 0.29) is 0 Å². The summed E-state index contributed by atoms with van der Waals surface area (Å²) in [7, 11) is 0. The molecule has 1 heteroatoms. The summed E-state index contributed by atoms with van der Waals surface area (Å²) in [5.74, 6) is 1.15. The van der Waals surface area contributed by atoms with E-state index in [1.54, 1.807) is 0 Å². The van der Waals surface area contributed by atoms with Gasteiger partial charge < -0.3 is 5.73 Å². The number of allylic oxidation sites excluding steroid dienone is 5. The van der Waals surface area contributed by atoms with Gasteiger partial charge in [0.15, 0.2) is 0 Å². The normalized spacial score (nSPS) is 28.5. The minimum absolute atomic E-state index is 0.523. The van der Waals surface area contributed by atoms with Gasteiger partial charge in [0.25, 0.3) is 0 Å². The fourth-order valence-electron chi connectivity index (χ4n) is 1.94. The molecule has 84 valence electrons. The minimum Gasteiger partial charge on any atom is -0.399 e. The van der Waals surface area contributed by atoms with Gasteiger partial charge in [0, 0.05) is 5.70 Å². The van der Waals surface area contributed by atoms with Gasteiger partial charge in [0.05, 0.1) is 0 Å². The van der Waals surface area contributed by atoms with E-state index in [2.05, 4.69) is 45.9 Å². The fourth-order valence-corrected chi connectivity index (χ4v) is 1.94. The number of nitrogens with two attached hydrogens (primary N) is 1. The molecule has 0 saturated carbocycles. The second kappa shape index (κ2) is 5.20. The molecule has 0 aromatic heterocycles. The molecule has 1 rings (SSSR count). The average Bonchev–Trinajstić information content (AvgIpc) is 2.10. The first kappa shape index (κ1) is 12.1. The zero-order valence-electron chi connectivity index (χ0n) is 10.4. The third-order valence-electron chi connectivity index (χ3n) is 2.97. The van der Waals surface area contributed by atoms with E-state index >= 15 is 0 Å². The maximum atomic E-state index is 6.06. The van der Waals surface area contributed by atoms with Crippen LogP contribution in [0.15, 0.2) is 35.1 Å². The van der Waals surface area contributed by atoms with Crippen LogP contribution in [0.4, 0.5) is 0 Å². The highest BCUT2D eigenvalue weighted by Crippen LogP contribution is 2.24. The zero-order valence-corrected chi connectivity index (χ0v) is 10.4. The van der Waals surface area contributed by atoms with Crippen molar-refractivity contribution in [3.05, 3.63) is 35.1 Å². The first-order valence-corrected chi connectivity index (χ1v) is 5.89. The van der Waals surface area contributed by atoms with E-state index in [1.165, 1.54) is 11.1 Å². The van der Waals surface area contributed by atoms with Crippen LogP contribution in [0.25, 0.3) is 0 Å². The van der Waals surface area contributed by atoms with E-state index in [9.17, 15) is 0 Å². The van der Waals surface area contributed by atoms with Crippen molar-refractivity contribution in [2.24, 2.45) is 17.6 Å². The van der Waals surface area contributed by atoms with Crippen molar-refractivity contribution in [1.82, 2.24) is 0 Å². The Morgan fingerprint density at radius 1 is 1.07 bits per heavy atom. The van der Waals surface area contributed by atoms with Gasteiger partial charge in [-0.25, -0.2) is 0 Å². The molecule has 0 saturated heterocycles. The summed E-state index contributed by atoms with van der Waals surface area (Å²) in [6.07, 6.45) is 8.85. The van der Waals surface area contributed by atoms with E-state index in [4.69, 9.17) is 5.73 Å². The molecule has 1 aliphatic carbocycles. The molecule has 0 fully saturated rings. The second-order valence-corrected chi connectivity index (χ2v) is 4.87. The molecule has 2 N–H and O–H groups in total. The topological polar surface area (TPSA) is 26.0 Å². The lowest BCUT2D eigenvalue weighted by molar-refractivity contribution is 0.704. The SMILES string of the molecule is CC(C)\C1=C/C=C(N)\C(C(C)C)=C/CC1. The van der Waals surface area contributed by atoms with E-state index in [0.29, 0.717) is 11.8 Å². The highest BCUT2D eigenvalue weighted by molar-refractivity contribution is 5.35. The molecule has 0 aromatic rings. The lowest BCUT2D eigenvalue weighted by atomic mass is 9.91. The summed E-state index contributed by atoms with van der Waals surface area (Å²) < 4.78 is 0. The largest absolute Gasteiger partial charge is 0.399 e. The summed E-state index contributed by atoms with van der Waals surface area (Å²) in [5.41, 5.74) is 9.79. The van der Waals surface area contributed by atoms with Crippen LogP contribution < -0.4 is 5.73 Å². The molecule has 0 radical (unpaired) electrons. The molecule has 0 spiro atoms. The molecule has 0 atom stereocenters. The molecule has 1 aliphatic rings. The van der Waals surface area contributed by atoms with Crippen LogP contribution in [0, 0.1) is 11.8 Å². The molecule has 0 amide bonds. The van der Waals surface area contributed by atoms with Crippen molar-refractivity contribution in [1.29, 1.82) is 0 Å². The Hall–Kier alpha value is -0.980. The highest BCUT2D eigenvalue weighted by Gasteiger charge is 2.09. The maximum absolute atomic E-state index is 6.06. The van der Waals surface area contributed by atoms with Crippen molar-refractivity contribution in [3.8, 4) is 0 Å². The summed E-state index contributed by atoms with van der Waals surface area (Å²) in [6.45, 7) is 8.87. The third kappa shape index (κ3) is 3.26. The van der Waals surface area contributed by atoms with Gasteiger partial charge in [0.1, 0.15) is 0 Å². The van der Waals surface area contributed by atoms with Gasteiger partial charge in [-0.3, -0.25) is 0 Å². The molecular formula is C14H23N. The highest BCUT2D eigenvalue weighted by atomic mass is 14.6. The molecule has 0 aromatic carbocycles. The fraction of sp³-hybridized carbons (Fsp3) is 0.571. The first-order valence-electron chi connectivity index (χ1n) is 5.89. The summed E-state index contributed by atoms with van der Waals surface area (Å²) in [4.78, 5) is 0.